The summed E-state index contributed by atoms with van der Waals surface area (Å²) >= 11 is 0. The van der Waals surface area contributed by atoms with E-state index >= 15 is 0 Å². The summed E-state index contributed by atoms with van der Waals surface area (Å²) in [6.45, 7) is 0.942. The Balaban J connectivity index is 2.68. The van der Waals surface area contributed by atoms with Crippen LogP contribution in [0.4, 0.5) is 0 Å². The van der Waals surface area contributed by atoms with E-state index in [9.17, 15) is 9.59 Å². The number of hydrogen-bond acceptors (Lipinski definition) is 4. The molecule has 0 radical (unpaired) electrons. The van der Waals surface area contributed by atoms with Crippen LogP contribution in [0.5, 0.6) is 0 Å². The second-order valence-electron chi connectivity index (χ2n) is 3.11. The number of aromatic nitrogens is 1. The summed E-state index contributed by atoms with van der Waals surface area (Å²) in [5, 5.41) is 11.3. The monoisotopic (exact) mass is 223 g/mol. The van der Waals surface area contributed by atoms with Crippen molar-refractivity contribution in [3.63, 3.8) is 0 Å². The lowest BCUT2D eigenvalue weighted by Gasteiger charge is -2.03. The highest BCUT2D eigenvalue weighted by atomic mass is 16.4. The molecule has 4 N–H and O–H groups in total. The Morgan fingerprint density at radius 3 is 2.69 bits per heavy atom. The quantitative estimate of drug-likeness (QED) is 0.602. The summed E-state index contributed by atoms with van der Waals surface area (Å²) in [5.74, 6) is -1.55. The molecule has 0 saturated heterocycles. The molecule has 0 bridgehead atoms. The third kappa shape index (κ3) is 3.32. The van der Waals surface area contributed by atoms with E-state index < -0.39 is 11.9 Å². The lowest BCUT2D eigenvalue weighted by Crippen LogP contribution is -2.27. The number of aromatic carboxylic acids is 1. The summed E-state index contributed by atoms with van der Waals surface area (Å²) < 4.78 is 0. The van der Waals surface area contributed by atoms with Crippen molar-refractivity contribution in [3.05, 3.63) is 29.6 Å². The van der Waals surface area contributed by atoms with Gasteiger partial charge in [-0.3, -0.25) is 4.79 Å². The molecule has 0 spiro atoms. The SMILES string of the molecule is NCCCNC(=O)c1cccc(C(=O)O)n1. The Bertz CT molecular complexity index is 393. The zero-order valence-electron chi connectivity index (χ0n) is 8.64. The molecule has 0 fully saturated rings. The average Bonchev–Trinajstić information content (AvgIpc) is 2.29. The standard InChI is InChI=1S/C10H13N3O3/c11-5-2-6-12-9(14)7-3-1-4-8(13-7)10(15)16/h1,3-4H,2,5-6,11H2,(H,12,14)(H,15,16). The highest BCUT2D eigenvalue weighted by Gasteiger charge is 2.10. The van der Waals surface area contributed by atoms with Gasteiger partial charge in [0.1, 0.15) is 11.4 Å². The number of rotatable bonds is 5. The lowest BCUT2D eigenvalue weighted by atomic mass is 10.3. The highest BCUT2D eigenvalue weighted by molar-refractivity contribution is 5.94. The number of carbonyl (C=O) groups excluding carboxylic acids is 1. The highest BCUT2D eigenvalue weighted by Crippen LogP contribution is 1.99. The van der Waals surface area contributed by atoms with Crippen molar-refractivity contribution in [2.24, 2.45) is 5.73 Å². The molecule has 1 amide bonds. The van der Waals surface area contributed by atoms with E-state index in [4.69, 9.17) is 10.8 Å². The maximum atomic E-state index is 11.5. The molecule has 6 heteroatoms. The molecule has 0 unspecified atom stereocenters. The Morgan fingerprint density at radius 1 is 1.38 bits per heavy atom. The first-order valence-corrected chi connectivity index (χ1v) is 4.83. The summed E-state index contributed by atoms with van der Waals surface area (Å²) in [7, 11) is 0. The number of carboxylic acids is 1. The second-order valence-corrected chi connectivity index (χ2v) is 3.11. The van der Waals surface area contributed by atoms with Gasteiger partial charge in [-0.1, -0.05) is 6.07 Å². The van der Waals surface area contributed by atoms with Crippen LogP contribution < -0.4 is 11.1 Å². The van der Waals surface area contributed by atoms with Crippen molar-refractivity contribution in [2.75, 3.05) is 13.1 Å². The van der Waals surface area contributed by atoms with E-state index in [2.05, 4.69) is 10.3 Å². The second kappa shape index (κ2) is 5.82. The van der Waals surface area contributed by atoms with Crippen molar-refractivity contribution < 1.29 is 14.7 Å². The first kappa shape index (κ1) is 12.1. The lowest BCUT2D eigenvalue weighted by molar-refractivity contribution is 0.0690. The Kier molecular flexibility index (Phi) is 4.41. The van der Waals surface area contributed by atoms with E-state index in [1.807, 2.05) is 0 Å². The minimum absolute atomic E-state index is 0.0944. The minimum Gasteiger partial charge on any atom is -0.477 e. The van der Waals surface area contributed by atoms with Crippen LogP contribution in [0.15, 0.2) is 18.2 Å². The van der Waals surface area contributed by atoms with Crippen molar-refractivity contribution in [1.82, 2.24) is 10.3 Å². The van der Waals surface area contributed by atoms with Crippen LogP contribution in [-0.2, 0) is 0 Å². The zero-order chi connectivity index (χ0) is 12.0. The van der Waals surface area contributed by atoms with Gasteiger partial charge in [-0.2, -0.15) is 0 Å². The fourth-order valence-corrected chi connectivity index (χ4v) is 1.07. The molecule has 1 aromatic rings. The van der Waals surface area contributed by atoms with Gasteiger partial charge in [0.15, 0.2) is 0 Å². The van der Waals surface area contributed by atoms with Crippen LogP contribution in [0.1, 0.15) is 27.4 Å². The third-order valence-corrected chi connectivity index (χ3v) is 1.87. The number of nitrogens with one attached hydrogen (secondary N) is 1. The van der Waals surface area contributed by atoms with E-state index in [1.54, 1.807) is 0 Å². The van der Waals surface area contributed by atoms with Crippen LogP contribution in [0, 0.1) is 0 Å². The first-order valence-electron chi connectivity index (χ1n) is 4.83. The zero-order valence-corrected chi connectivity index (χ0v) is 8.64. The molecular formula is C10H13N3O3. The molecule has 0 saturated carbocycles. The fraction of sp³-hybridized carbons (Fsp3) is 0.300. The Morgan fingerprint density at radius 2 is 2.06 bits per heavy atom. The molecule has 6 nitrogen and oxygen atoms in total. The molecule has 0 aliphatic heterocycles. The van der Waals surface area contributed by atoms with Gasteiger partial charge in [0.25, 0.3) is 5.91 Å². The van der Waals surface area contributed by atoms with Gasteiger partial charge in [-0.25, -0.2) is 9.78 Å². The number of hydrogen-bond donors (Lipinski definition) is 3. The molecular weight excluding hydrogens is 210 g/mol. The van der Waals surface area contributed by atoms with Crippen molar-refractivity contribution >= 4 is 11.9 Å². The molecule has 0 aliphatic carbocycles. The normalized spacial score (nSPS) is 9.81. The van der Waals surface area contributed by atoms with Gasteiger partial charge < -0.3 is 16.2 Å². The van der Waals surface area contributed by atoms with Gasteiger partial charge in [-0.05, 0) is 25.1 Å². The first-order chi connectivity index (χ1) is 7.65. The van der Waals surface area contributed by atoms with E-state index in [0.717, 1.165) is 0 Å². The average molecular weight is 223 g/mol. The van der Waals surface area contributed by atoms with Gasteiger partial charge in [0.05, 0.1) is 0 Å². The maximum Gasteiger partial charge on any atom is 0.354 e. The predicted molar refractivity (Wildman–Crippen MR) is 57.2 cm³/mol. The molecule has 1 rings (SSSR count). The number of amides is 1. The minimum atomic E-state index is -1.16. The van der Waals surface area contributed by atoms with Gasteiger partial charge in [0.2, 0.25) is 0 Å². The number of carbonyl (C=O) groups is 2. The van der Waals surface area contributed by atoms with E-state index in [-0.39, 0.29) is 11.4 Å². The smallest absolute Gasteiger partial charge is 0.354 e. The molecule has 0 atom stereocenters. The van der Waals surface area contributed by atoms with Crippen LogP contribution in [0.3, 0.4) is 0 Å². The van der Waals surface area contributed by atoms with Crippen LogP contribution in [0.2, 0.25) is 0 Å². The van der Waals surface area contributed by atoms with Gasteiger partial charge in [0, 0.05) is 6.54 Å². The van der Waals surface area contributed by atoms with Crippen molar-refractivity contribution in [2.45, 2.75) is 6.42 Å². The molecule has 16 heavy (non-hydrogen) atoms. The summed E-state index contributed by atoms with van der Waals surface area (Å²) in [6, 6.07) is 4.28. The third-order valence-electron chi connectivity index (χ3n) is 1.87. The maximum absolute atomic E-state index is 11.5. The van der Waals surface area contributed by atoms with Crippen LogP contribution in [-0.4, -0.2) is 35.1 Å². The Labute approximate surface area is 92.5 Å². The van der Waals surface area contributed by atoms with E-state index in [0.29, 0.717) is 19.5 Å². The molecule has 1 aromatic heterocycles. The topological polar surface area (TPSA) is 105 Å². The van der Waals surface area contributed by atoms with Gasteiger partial charge >= 0.3 is 5.97 Å². The number of nitrogens with zero attached hydrogens (tertiary/aromatic N) is 1. The molecule has 0 aromatic carbocycles. The number of pyridine rings is 1. The molecule has 86 valence electrons. The largest absolute Gasteiger partial charge is 0.477 e. The predicted octanol–water partition coefficient (Wildman–Crippen LogP) is -0.142. The van der Waals surface area contributed by atoms with E-state index in [1.165, 1.54) is 18.2 Å². The van der Waals surface area contributed by atoms with Gasteiger partial charge in [-0.15, -0.1) is 0 Å². The van der Waals surface area contributed by atoms with Crippen LogP contribution >= 0.6 is 0 Å². The van der Waals surface area contributed by atoms with Crippen molar-refractivity contribution in [3.8, 4) is 0 Å². The molecule has 0 aliphatic rings. The fourth-order valence-electron chi connectivity index (χ4n) is 1.07. The van der Waals surface area contributed by atoms with Crippen molar-refractivity contribution in [1.29, 1.82) is 0 Å². The summed E-state index contributed by atoms with van der Waals surface area (Å²) in [4.78, 5) is 25.8. The van der Waals surface area contributed by atoms with Crippen LogP contribution in [0.25, 0.3) is 0 Å². The summed E-state index contributed by atoms with van der Waals surface area (Å²) in [6.07, 6.45) is 0.671. The number of carboxylic acid groups (broad SMARTS) is 1. The number of nitrogens with two attached hydrogens (primary N) is 1. The molecule has 1 heterocycles. The Hall–Kier alpha value is -1.95. The summed E-state index contributed by atoms with van der Waals surface area (Å²) in [5.41, 5.74) is 5.22.